The smallest absolute Gasteiger partial charge is 0.0805 e. The molecule has 1 unspecified atom stereocenters. The van der Waals surface area contributed by atoms with Crippen molar-refractivity contribution >= 4 is 0 Å². The van der Waals surface area contributed by atoms with E-state index in [0.29, 0.717) is 0 Å². The van der Waals surface area contributed by atoms with Gasteiger partial charge in [0.25, 0.3) is 0 Å². The third-order valence-corrected chi connectivity index (χ3v) is 4.93. The largest absolute Gasteiger partial charge is 0.394 e. The molecule has 0 amide bonds. The highest BCUT2D eigenvalue weighted by molar-refractivity contribution is 4.57. The van der Waals surface area contributed by atoms with Crippen LogP contribution in [-0.2, 0) is 4.74 Å². The molecule has 0 aromatic carbocycles. The monoisotopic (exact) mass is 342 g/mol. The van der Waals surface area contributed by atoms with E-state index in [9.17, 15) is 5.11 Å². The van der Waals surface area contributed by atoms with Crippen LogP contribution in [0.3, 0.4) is 0 Å². The Labute approximate surface area is 152 Å². The number of unbranched alkanes of at least 4 members (excludes halogenated alkanes) is 14. The molecule has 0 rings (SSSR count). The topological polar surface area (TPSA) is 29.5 Å². The summed E-state index contributed by atoms with van der Waals surface area (Å²) in [5.74, 6) is 0. The van der Waals surface area contributed by atoms with Gasteiger partial charge in [0, 0.05) is 6.61 Å². The lowest BCUT2D eigenvalue weighted by atomic mass is 10.0. The first-order valence-corrected chi connectivity index (χ1v) is 11.1. The van der Waals surface area contributed by atoms with Gasteiger partial charge in [-0.3, -0.25) is 0 Å². The van der Waals surface area contributed by atoms with Gasteiger partial charge in [0.05, 0.1) is 12.7 Å². The van der Waals surface area contributed by atoms with Gasteiger partial charge in [-0.05, 0) is 12.8 Å². The summed E-state index contributed by atoms with van der Waals surface area (Å²) in [5, 5.41) is 9.30. The highest BCUT2D eigenvalue weighted by atomic mass is 16.5. The highest BCUT2D eigenvalue weighted by Gasteiger charge is 2.06. The third-order valence-electron chi connectivity index (χ3n) is 4.93. The van der Waals surface area contributed by atoms with Crippen LogP contribution in [0.25, 0.3) is 0 Å². The van der Waals surface area contributed by atoms with Crippen molar-refractivity contribution in [2.24, 2.45) is 0 Å². The van der Waals surface area contributed by atoms with E-state index in [2.05, 4.69) is 13.8 Å². The predicted octanol–water partition coefficient (Wildman–Crippen LogP) is 7.04. The Bertz CT molecular complexity index is 218. The lowest BCUT2D eigenvalue weighted by molar-refractivity contribution is 0.00549. The zero-order chi connectivity index (χ0) is 17.7. The first-order chi connectivity index (χ1) is 11.8. The number of aliphatic hydroxyl groups is 1. The van der Waals surface area contributed by atoms with Crippen molar-refractivity contribution in [3.05, 3.63) is 0 Å². The van der Waals surface area contributed by atoms with Gasteiger partial charge < -0.3 is 9.84 Å². The Morgan fingerprint density at radius 3 is 1.42 bits per heavy atom. The van der Waals surface area contributed by atoms with Crippen LogP contribution in [-0.4, -0.2) is 24.4 Å². The predicted molar refractivity (Wildman–Crippen MR) is 107 cm³/mol. The molecule has 0 bridgehead atoms. The first kappa shape index (κ1) is 23.9. The molecule has 1 atom stereocenters. The molecule has 1 N–H and O–H groups in total. The minimum absolute atomic E-state index is 0.0777. The van der Waals surface area contributed by atoms with Crippen molar-refractivity contribution in [1.82, 2.24) is 0 Å². The van der Waals surface area contributed by atoms with Crippen molar-refractivity contribution in [1.29, 1.82) is 0 Å². The Hall–Kier alpha value is -0.0800. The quantitative estimate of drug-likeness (QED) is 0.240. The van der Waals surface area contributed by atoms with E-state index in [1.165, 1.54) is 89.9 Å². The molecule has 0 aliphatic heterocycles. The average Bonchev–Trinajstić information content (AvgIpc) is 2.60. The third kappa shape index (κ3) is 18.3. The second-order valence-corrected chi connectivity index (χ2v) is 7.41. The van der Waals surface area contributed by atoms with E-state index >= 15 is 0 Å². The molecule has 0 aromatic heterocycles. The van der Waals surface area contributed by atoms with Gasteiger partial charge >= 0.3 is 0 Å². The summed E-state index contributed by atoms with van der Waals surface area (Å²) < 4.78 is 5.70. The Morgan fingerprint density at radius 2 is 1.00 bits per heavy atom. The van der Waals surface area contributed by atoms with Crippen LogP contribution in [0.4, 0.5) is 0 Å². The summed E-state index contributed by atoms with van der Waals surface area (Å²) in [7, 11) is 0. The fourth-order valence-electron chi connectivity index (χ4n) is 3.19. The summed E-state index contributed by atoms with van der Waals surface area (Å²) in [6.45, 7) is 5.44. The molecule has 0 aliphatic rings. The zero-order valence-electron chi connectivity index (χ0n) is 16.9. The van der Waals surface area contributed by atoms with Crippen LogP contribution in [0.2, 0.25) is 0 Å². The van der Waals surface area contributed by atoms with E-state index in [1.807, 2.05) is 0 Å². The van der Waals surface area contributed by atoms with Gasteiger partial charge in [-0.25, -0.2) is 0 Å². The standard InChI is InChI=1S/C22H46O2/c1-3-5-7-8-9-10-11-12-13-14-15-16-17-18-19-22(21-23)24-20-6-4-2/h22-23H,3-21H2,1-2H3. The van der Waals surface area contributed by atoms with Gasteiger partial charge in [0.1, 0.15) is 0 Å². The molecular weight excluding hydrogens is 296 g/mol. The van der Waals surface area contributed by atoms with Crippen molar-refractivity contribution in [2.45, 2.75) is 129 Å². The minimum Gasteiger partial charge on any atom is -0.394 e. The Morgan fingerprint density at radius 1 is 0.583 bits per heavy atom. The number of ether oxygens (including phenoxy) is 1. The lowest BCUT2D eigenvalue weighted by Gasteiger charge is -2.15. The molecule has 0 fully saturated rings. The van der Waals surface area contributed by atoms with Crippen LogP contribution < -0.4 is 0 Å². The van der Waals surface area contributed by atoms with E-state index in [0.717, 1.165) is 25.9 Å². The van der Waals surface area contributed by atoms with Crippen molar-refractivity contribution in [2.75, 3.05) is 13.2 Å². The molecule has 0 aliphatic carbocycles. The Kier molecular flexibility index (Phi) is 20.9. The molecule has 0 radical (unpaired) electrons. The van der Waals surface area contributed by atoms with Crippen molar-refractivity contribution in [3.63, 3.8) is 0 Å². The van der Waals surface area contributed by atoms with Crippen LogP contribution in [0.5, 0.6) is 0 Å². The van der Waals surface area contributed by atoms with Crippen LogP contribution in [0.15, 0.2) is 0 Å². The summed E-state index contributed by atoms with van der Waals surface area (Å²) in [6.07, 6.45) is 22.9. The molecule has 0 aromatic rings. The Balaban J connectivity index is 3.16. The fourth-order valence-corrected chi connectivity index (χ4v) is 3.19. The summed E-state index contributed by atoms with van der Waals surface area (Å²) in [4.78, 5) is 0. The highest BCUT2D eigenvalue weighted by Crippen LogP contribution is 2.14. The number of hydrogen-bond donors (Lipinski definition) is 1. The van der Waals surface area contributed by atoms with Crippen LogP contribution in [0, 0.1) is 0 Å². The second-order valence-electron chi connectivity index (χ2n) is 7.41. The van der Waals surface area contributed by atoms with Gasteiger partial charge in [-0.15, -0.1) is 0 Å². The summed E-state index contributed by atoms with van der Waals surface area (Å²) in [6, 6.07) is 0. The van der Waals surface area contributed by atoms with Gasteiger partial charge in [0.2, 0.25) is 0 Å². The number of hydrogen-bond acceptors (Lipinski definition) is 2. The number of rotatable bonds is 20. The zero-order valence-corrected chi connectivity index (χ0v) is 16.9. The molecule has 0 saturated carbocycles. The molecule has 0 spiro atoms. The van der Waals surface area contributed by atoms with E-state index in [1.54, 1.807) is 0 Å². The van der Waals surface area contributed by atoms with E-state index in [4.69, 9.17) is 4.74 Å². The molecule has 2 heteroatoms. The number of aliphatic hydroxyl groups excluding tert-OH is 1. The summed E-state index contributed by atoms with van der Waals surface area (Å²) >= 11 is 0. The second kappa shape index (κ2) is 21.0. The van der Waals surface area contributed by atoms with Gasteiger partial charge in [-0.2, -0.15) is 0 Å². The van der Waals surface area contributed by atoms with E-state index in [-0.39, 0.29) is 12.7 Å². The maximum Gasteiger partial charge on any atom is 0.0805 e. The van der Waals surface area contributed by atoms with E-state index < -0.39 is 0 Å². The molecular formula is C22H46O2. The average molecular weight is 343 g/mol. The van der Waals surface area contributed by atoms with Gasteiger partial charge in [0.15, 0.2) is 0 Å². The van der Waals surface area contributed by atoms with Crippen LogP contribution in [0.1, 0.15) is 123 Å². The molecule has 2 nitrogen and oxygen atoms in total. The normalized spacial score (nSPS) is 12.6. The van der Waals surface area contributed by atoms with Crippen LogP contribution >= 0.6 is 0 Å². The molecule has 0 heterocycles. The maximum absolute atomic E-state index is 9.30. The molecule has 24 heavy (non-hydrogen) atoms. The molecule has 0 saturated heterocycles. The van der Waals surface area contributed by atoms with Crippen molar-refractivity contribution in [3.8, 4) is 0 Å². The lowest BCUT2D eigenvalue weighted by Crippen LogP contribution is -2.18. The first-order valence-electron chi connectivity index (χ1n) is 11.1. The van der Waals surface area contributed by atoms with Crippen molar-refractivity contribution < 1.29 is 9.84 Å². The molecule has 146 valence electrons. The minimum atomic E-state index is 0.0777. The SMILES string of the molecule is CCCCCCCCCCCCCCCCC(CO)OCCCC. The summed E-state index contributed by atoms with van der Waals surface area (Å²) in [5.41, 5.74) is 0. The van der Waals surface area contributed by atoms with Gasteiger partial charge in [-0.1, -0.05) is 110 Å². The fraction of sp³-hybridized carbons (Fsp3) is 1.00. The maximum atomic E-state index is 9.30.